The second kappa shape index (κ2) is 8.09. The zero-order valence-corrected chi connectivity index (χ0v) is 14.6. The van der Waals surface area contributed by atoms with Gasteiger partial charge in [0.25, 0.3) is 0 Å². The van der Waals surface area contributed by atoms with Crippen molar-refractivity contribution in [3.63, 3.8) is 0 Å². The van der Waals surface area contributed by atoms with Crippen LogP contribution in [-0.2, 0) is 11.2 Å². The first-order valence-corrected chi connectivity index (χ1v) is 8.03. The maximum Gasteiger partial charge on any atom is 0.436 e. The highest BCUT2D eigenvalue weighted by atomic mass is 19.4. The average molecular weight is 405 g/mol. The number of aryl methyl sites for hydroxylation is 1. The van der Waals surface area contributed by atoms with Crippen LogP contribution in [0.15, 0.2) is 54.6 Å². The fourth-order valence-electron chi connectivity index (χ4n) is 2.38. The molecule has 0 radical (unpaired) electrons. The first kappa shape index (κ1) is 21.5. The summed E-state index contributed by atoms with van der Waals surface area (Å²) in [6, 6.07) is 13.3. The monoisotopic (exact) mass is 405 g/mol. The number of amides is 1. The first-order chi connectivity index (χ1) is 13.0. The van der Waals surface area contributed by atoms with Crippen molar-refractivity contribution in [2.75, 3.05) is 5.43 Å². The molecular formula is C18H17F6N3O. The van der Waals surface area contributed by atoms with Gasteiger partial charge in [0.15, 0.2) is 0 Å². The lowest BCUT2D eigenvalue weighted by atomic mass is 10.1. The van der Waals surface area contributed by atoms with Crippen molar-refractivity contribution in [3.05, 3.63) is 65.7 Å². The zero-order valence-electron chi connectivity index (χ0n) is 14.6. The summed E-state index contributed by atoms with van der Waals surface area (Å²) in [6.07, 6.45) is -12.4. The van der Waals surface area contributed by atoms with Gasteiger partial charge in [0.2, 0.25) is 5.91 Å². The fourth-order valence-corrected chi connectivity index (χ4v) is 2.38. The van der Waals surface area contributed by atoms with Gasteiger partial charge < -0.3 is 10.7 Å². The molecule has 10 heteroatoms. The molecule has 0 saturated heterocycles. The molecule has 0 fully saturated rings. The lowest BCUT2D eigenvalue weighted by Crippen LogP contribution is -2.76. The zero-order chi connectivity index (χ0) is 21.0. The maximum absolute atomic E-state index is 13.5. The molecule has 2 aromatic carbocycles. The van der Waals surface area contributed by atoms with E-state index in [2.05, 4.69) is 0 Å². The van der Waals surface area contributed by atoms with Gasteiger partial charge in [-0.15, -0.1) is 0 Å². The van der Waals surface area contributed by atoms with Crippen LogP contribution in [0.4, 0.5) is 32.0 Å². The number of benzene rings is 2. The van der Waals surface area contributed by atoms with Gasteiger partial charge in [0.1, 0.15) is 0 Å². The molecule has 0 aliphatic rings. The molecule has 0 aromatic heterocycles. The van der Waals surface area contributed by atoms with Gasteiger partial charge in [0.05, 0.1) is 12.1 Å². The summed E-state index contributed by atoms with van der Waals surface area (Å²) in [7, 11) is 0. The minimum atomic E-state index is -5.88. The number of para-hydroxylation sites is 1. The third-order valence-corrected chi connectivity index (χ3v) is 3.91. The van der Waals surface area contributed by atoms with Crippen LogP contribution in [-0.4, -0.2) is 23.9 Å². The Kier molecular flexibility index (Phi) is 6.23. The Labute approximate surface area is 156 Å². The van der Waals surface area contributed by atoms with E-state index in [4.69, 9.17) is 0 Å². The van der Waals surface area contributed by atoms with E-state index >= 15 is 0 Å². The van der Waals surface area contributed by atoms with Crippen LogP contribution >= 0.6 is 0 Å². The van der Waals surface area contributed by atoms with Crippen LogP contribution in [0.2, 0.25) is 0 Å². The Morgan fingerprint density at radius 2 is 1.39 bits per heavy atom. The molecule has 3 N–H and O–H groups in total. The third kappa shape index (κ3) is 4.75. The summed E-state index contributed by atoms with van der Waals surface area (Å²) in [5, 5.41) is 1.09. The van der Waals surface area contributed by atoms with Crippen LogP contribution in [0.25, 0.3) is 0 Å². The number of halogens is 6. The van der Waals surface area contributed by atoms with Gasteiger partial charge in [-0.25, -0.2) is 0 Å². The summed E-state index contributed by atoms with van der Waals surface area (Å²) in [5.41, 5.74) is -0.827. The van der Waals surface area contributed by atoms with E-state index in [-0.39, 0.29) is 11.3 Å². The maximum atomic E-state index is 13.5. The molecular weight excluding hydrogens is 388 g/mol. The normalized spacial score (nSPS) is 12.5. The predicted molar refractivity (Wildman–Crippen MR) is 91.1 cm³/mol. The van der Waals surface area contributed by atoms with Gasteiger partial charge in [-0.1, -0.05) is 48.5 Å². The standard InChI is InChI=1S/C18H17F6N3O/c1-12-7-5-6-10-14(12)26-27-16(17(19,20)21,18(22,23)24)25-15(28)11-13-8-3-2-4-9-13/h2-10,26-27H,11H2,1H3,(H,25,28). The van der Waals surface area contributed by atoms with Crippen molar-refractivity contribution >= 4 is 11.6 Å². The molecule has 2 rings (SSSR count). The highest BCUT2D eigenvalue weighted by molar-refractivity contribution is 5.79. The molecule has 2 aromatic rings. The van der Waals surface area contributed by atoms with E-state index in [0.29, 0.717) is 5.56 Å². The van der Waals surface area contributed by atoms with Crippen molar-refractivity contribution in [2.45, 2.75) is 31.4 Å². The van der Waals surface area contributed by atoms with E-state index in [1.54, 1.807) is 12.1 Å². The van der Waals surface area contributed by atoms with Crippen molar-refractivity contribution in [1.82, 2.24) is 10.7 Å². The molecule has 0 unspecified atom stereocenters. The molecule has 4 nitrogen and oxygen atoms in total. The first-order valence-electron chi connectivity index (χ1n) is 8.03. The third-order valence-electron chi connectivity index (χ3n) is 3.91. The number of alkyl halides is 6. The van der Waals surface area contributed by atoms with E-state index in [0.717, 1.165) is 5.32 Å². The molecule has 152 valence electrons. The van der Waals surface area contributed by atoms with Crippen molar-refractivity contribution < 1.29 is 31.1 Å². The van der Waals surface area contributed by atoms with E-state index < -0.39 is 30.3 Å². The highest BCUT2D eigenvalue weighted by Crippen LogP contribution is 2.41. The molecule has 0 saturated carbocycles. The van der Waals surface area contributed by atoms with Gasteiger partial charge in [0, 0.05) is 0 Å². The Hall–Kier alpha value is -2.75. The number of hydrogen-bond acceptors (Lipinski definition) is 3. The minimum absolute atomic E-state index is 0.00215. The predicted octanol–water partition coefficient (Wildman–Crippen LogP) is 4.09. The summed E-state index contributed by atoms with van der Waals surface area (Å²) in [5.74, 6) is -1.44. The smallest absolute Gasteiger partial charge is 0.321 e. The highest BCUT2D eigenvalue weighted by Gasteiger charge is 2.72. The molecule has 0 heterocycles. The topological polar surface area (TPSA) is 53.2 Å². The van der Waals surface area contributed by atoms with Crippen LogP contribution in [0.3, 0.4) is 0 Å². The molecule has 0 bridgehead atoms. The summed E-state index contributed by atoms with van der Waals surface area (Å²) in [6.45, 7) is 1.50. The number of carbonyl (C=O) groups excluding carboxylic acids is 1. The van der Waals surface area contributed by atoms with Gasteiger partial charge in [-0.2, -0.15) is 31.8 Å². The summed E-state index contributed by atoms with van der Waals surface area (Å²) >= 11 is 0. The van der Waals surface area contributed by atoms with Crippen LogP contribution in [0.5, 0.6) is 0 Å². The number of rotatable bonds is 6. The lowest BCUT2D eigenvalue weighted by Gasteiger charge is -2.38. The van der Waals surface area contributed by atoms with Crippen LogP contribution in [0.1, 0.15) is 11.1 Å². The Morgan fingerprint density at radius 1 is 0.857 bits per heavy atom. The molecule has 28 heavy (non-hydrogen) atoms. The van der Waals surface area contributed by atoms with Gasteiger partial charge in [-0.05, 0) is 24.1 Å². The quantitative estimate of drug-likeness (QED) is 0.386. The van der Waals surface area contributed by atoms with Crippen molar-refractivity contribution in [3.8, 4) is 0 Å². The fraction of sp³-hybridized carbons (Fsp3) is 0.278. The lowest BCUT2D eigenvalue weighted by molar-refractivity contribution is -0.314. The number of carbonyl (C=O) groups is 1. The van der Waals surface area contributed by atoms with Crippen LogP contribution < -0.4 is 16.2 Å². The van der Waals surface area contributed by atoms with Crippen molar-refractivity contribution in [1.29, 1.82) is 0 Å². The Balaban J connectivity index is 2.32. The number of hydrazine groups is 1. The van der Waals surface area contributed by atoms with Gasteiger partial charge >= 0.3 is 18.0 Å². The van der Waals surface area contributed by atoms with E-state index in [1.165, 1.54) is 54.8 Å². The number of nitrogens with one attached hydrogen (secondary N) is 3. The Morgan fingerprint density at radius 3 is 1.93 bits per heavy atom. The molecule has 0 aliphatic carbocycles. The second-order valence-corrected chi connectivity index (χ2v) is 6.02. The molecule has 1 amide bonds. The largest absolute Gasteiger partial charge is 0.436 e. The average Bonchev–Trinajstić information content (AvgIpc) is 2.58. The minimum Gasteiger partial charge on any atom is -0.321 e. The molecule has 0 aliphatic heterocycles. The second-order valence-electron chi connectivity index (χ2n) is 6.02. The summed E-state index contributed by atoms with van der Waals surface area (Å²) < 4.78 is 81.2. The Bertz CT molecular complexity index is 791. The number of anilines is 1. The van der Waals surface area contributed by atoms with E-state index in [9.17, 15) is 31.1 Å². The SMILES string of the molecule is Cc1ccccc1NNC(NC(=O)Cc1ccccc1)(C(F)(F)F)C(F)(F)F. The molecule has 0 atom stereocenters. The van der Waals surface area contributed by atoms with E-state index in [1.807, 2.05) is 5.43 Å². The van der Waals surface area contributed by atoms with Gasteiger partial charge in [-0.3, -0.25) is 4.79 Å². The summed E-state index contributed by atoms with van der Waals surface area (Å²) in [4.78, 5) is 12.0. The number of hydrogen-bond donors (Lipinski definition) is 3. The van der Waals surface area contributed by atoms with Crippen LogP contribution in [0, 0.1) is 6.92 Å². The molecule has 0 spiro atoms. The van der Waals surface area contributed by atoms with Crippen molar-refractivity contribution in [2.24, 2.45) is 0 Å².